The average molecular weight is 345 g/mol. The second-order valence-electron chi connectivity index (χ2n) is 5.47. The molecule has 24 heavy (non-hydrogen) atoms. The summed E-state index contributed by atoms with van der Waals surface area (Å²) in [5.74, 6) is 1.02. The summed E-state index contributed by atoms with van der Waals surface area (Å²) < 4.78 is 20.3. The number of rotatable bonds is 6. The minimum absolute atomic E-state index is 0.0853. The van der Waals surface area contributed by atoms with Crippen LogP contribution in [0.15, 0.2) is 52.2 Å². The lowest BCUT2D eigenvalue weighted by Crippen LogP contribution is -2.07. The summed E-state index contributed by atoms with van der Waals surface area (Å²) in [6, 6.07) is 9.26. The Morgan fingerprint density at radius 2 is 2.00 bits per heavy atom. The third-order valence-electron chi connectivity index (χ3n) is 3.42. The molecule has 0 radical (unpaired) electrons. The highest BCUT2D eigenvalue weighted by molar-refractivity contribution is 7.99. The first kappa shape index (κ1) is 16.4. The first-order valence-electron chi connectivity index (χ1n) is 7.46. The number of hydrogen-bond acceptors (Lipinski definition) is 5. The van der Waals surface area contributed by atoms with E-state index in [1.54, 1.807) is 12.3 Å². The van der Waals surface area contributed by atoms with Crippen molar-refractivity contribution in [1.29, 1.82) is 0 Å². The number of carbonyl (C=O) groups is 1. The molecule has 5 nitrogen and oxygen atoms in total. The summed E-state index contributed by atoms with van der Waals surface area (Å²) in [6.45, 7) is 4.03. The van der Waals surface area contributed by atoms with Crippen LogP contribution in [0.5, 0.6) is 0 Å². The van der Waals surface area contributed by atoms with E-state index >= 15 is 0 Å². The van der Waals surface area contributed by atoms with Gasteiger partial charge in [0.05, 0.1) is 12.0 Å². The van der Waals surface area contributed by atoms with Crippen LogP contribution in [-0.2, 0) is 0 Å². The molecule has 0 N–H and O–H groups in total. The minimum Gasteiger partial charge on any atom is -0.461 e. The van der Waals surface area contributed by atoms with Gasteiger partial charge in [-0.3, -0.25) is 9.36 Å². The van der Waals surface area contributed by atoms with E-state index in [2.05, 4.69) is 10.2 Å². The maximum atomic E-state index is 12.9. The van der Waals surface area contributed by atoms with Gasteiger partial charge in [0, 0.05) is 11.6 Å². The normalized spacial score (nSPS) is 11.2. The maximum Gasteiger partial charge on any atom is 0.200 e. The number of benzene rings is 1. The van der Waals surface area contributed by atoms with Crippen molar-refractivity contribution in [2.45, 2.75) is 25.0 Å². The van der Waals surface area contributed by atoms with Gasteiger partial charge in [-0.15, -0.1) is 10.2 Å². The summed E-state index contributed by atoms with van der Waals surface area (Å²) in [5, 5.41) is 9.00. The number of ketones is 1. The molecule has 7 heteroatoms. The highest BCUT2D eigenvalue weighted by Gasteiger charge is 2.19. The molecule has 1 aromatic carbocycles. The van der Waals surface area contributed by atoms with Crippen molar-refractivity contribution in [3.8, 4) is 11.6 Å². The van der Waals surface area contributed by atoms with Crippen LogP contribution in [0.4, 0.5) is 4.39 Å². The van der Waals surface area contributed by atoms with Gasteiger partial charge in [-0.1, -0.05) is 11.8 Å². The highest BCUT2D eigenvalue weighted by atomic mass is 32.2. The number of Topliss-reactive ketones (excluding diaryl/α,β-unsaturated/α-hetero) is 1. The molecule has 0 spiro atoms. The molecular formula is C17H16FN3O2S. The standard InChI is InChI=1S/C17H16FN3O2S/c1-11(2)21-16(15-4-3-9-23-15)19-20-17(21)24-10-14(22)12-5-7-13(18)8-6-12/h3-9,11H,10H2,1-2H3. The van der Waals surface area contributed by atoms with Crippen molar-refractivity contribution in [2.24, 2.45) is 0 Å². The van der Waals surface area contributed by atoms with E-state index in [1.165, 1.54) is 36.0 Å². The van der Waals surface area contributed by atoms with Crippen LogP contribution in [0.25, 0.3) is 11.6 Å². The van der Waals surface area contributed by atoms with Crippen molar-refractivity contribution in [2.75, 3.05) is 5.75 Å². The Kier molecular flexibility index (Phi) is 4.80. The van der Waals surface area contributed by atoms with E-state index in [1.807, 2.05) is 24.5 Å². The lowest BCUT2D eigenvalue weighted by molar-refractivity contribution is 0.102. The van der Waals surface area contributed by atoms with Crippen molar-refractivity contribution in [1.82, 2.24) is 14.8 Å². The third kappa shape index (κ3) is 3.41. The Morgan fingerprint density at radius 1 is 1.25 bits per heavy atom. The Balaban J connectivity index is 1.78. The van der Waals surface area contributed by atoms with Gasteiger partial charge in [0.2, 0.25) is 5.82 Å². The zero-order chi connectivity index (χ0) is 17.1. The van der Waals surface area contributed by atoms with Gasteiger partial charge in [-0.2, -0.15) is 0 Å². The zero-order valence-electron chi connectivity index (χ0n) is 13.3. The summed E-state index contributed by atoms with van der Waals surface area (Å²) in [4.78, 5) is 12.2. The van der Waals surface area contributed by atoms with Crippen LogP contribution in [0, 0.1) is 5.82 Å². The van der Waals surface area contributed by atoms with Crippen molar-refractivity contribution >= 4 is 17.5 Å². The van der Waals surface area contributed by atoms with Crippen molar-refractivity contribution in [3.05, 3.63) is 54.0 Å². The van der Waals surface area contributed by atoms with Gasteiger partial charge in [0.25, 0.3) is 0 Å². The van der Waals surface area contributed by atoms with Gasteiger partial charge in [0.15, 0.2) is 16.7 Å². The monoisotopic (exact) mass is 345 g/mol. The number of halogens is 1. The minimum atomic E-state index is -0.359. The summed E-state index contributed by atoms with van der Waals surface area (Å²) in [7, 11) is 0. The first-order chi connectivity index (χ1) is 11.6. The van der Waals surface area contributed by atoms with E-state index in [0.29, 0.717) is 22.3 Å². The second-order valence-corrected chi connectivity index (χ2v) is 6.41. The molecule has 0 saturated heterocycles. The van der Waals surface area contributed by atoms with E-state index in [4.69, 9.17) is 4.42 Å². The Bertz CT molecular complexity index is 826. The van der Waals surface area contributed by atoms with Crippen LogP contribution in [0.1, 0.15) is 30.2 Å². The van der Waals surface area contributed by atoms with Crippen LogP contribution < -0.4 is 0 Å². The van der Waals surface area contributed by atoms with Gasteiger partial charge < -0.3 is 4.42 Å². The van der Waals surface area contributed by atoms with Crippen molar-refractivity contribution < 1.29 is 13.6 Å². The lowest BCUT2D eigenvalue weighted by Gasteiger charge is -2.12. The summed E-state index contributed by atoms with van der Waals surface area (Å²) >= 11 is 1.31. The summed E-state index contributed by atoms with van der Waals surface area (Å²) in [6.07, 6.45) is 1.58. The predicted molar refractivity (Wildman–Crippen MR) is 89.6 cm³/mol. The molecule has 0 bridgehead atoms. The lowest BCUT2D eigenvalue weighted by atomic mass is 10.1. The smallest absolute Gasteiger partial charge is 0.200 e. The Labute approximate surface area is 142 Å². The molecule has 0 amide bonds. The SMILES string of the molecule is CC(C)n1c(SCC(=O)c2ccc(F)cc2)nnc1-c1ccco1. The third-order valence-corrected chi connectivity index (χ3v) is 4.36. The van der Waals surface area contributed by atoms with Gasteiger partial charge in [0.1, 0.15) is 5.82 Å². The quantitative estimate of drug-likeness (QED) is 0.494. The number of thioether (sulfide) groups is 1. The molecule has 0 aliphatic carbocycles. The maximum absolute atomic E-state index is 12.9. The molecule has 0 aliphatic rings. The largest absolute Gasteiger partial charge is 0.461 e. The summed E-state index contributed by atoms with van der Waals surface area (Å²) in [5.41, 5.74) is 0.478. The van der Waals surface area contributed by atoms with Crippen molar-refractivity contribution in [3.63, 3.8) is 0 Å². The predicted octanol–water partition coefficient (Wildman–Crippen LogP) is 4.23. The molecule has 0 aliphatic heterocycles. The molecule has 3 rings (SSSR count). The molecule has 2 heterocycles. The number of carbonyl (C=O) groups excluding carboxylic acids is 1. The average Bonchev–Trinajstić information content (AvgIpc) is 3.22. The van der Waals surface area contributed by atoms with Gasteiger partial charge in [-0.05, 0) is 50.2 Å². The van der Waals surface area contributed by atoms with Gasteiger partial charge in [-0.25, -0.2) is 4.39 Å². The van der Waals surface area contributed by atoms with E-state index in [9.17, 15) is 9.18 Å². The molecule has 124 valence electrons. The Hall–Kier alpha value is -2.41. The molecule has 0 saturated carbocycles. The van der Waals surface area contributed by atoms with Crippen LogP contribution in [0.3, 0.4) is 0 Å². The number of nitrogens with zero attached hydrogens (tertiary/aromatic N) is 3. The molecular weight excluding hydrogens is 329 g/mol. The molecule has 0 unspecified atom stereocenters. The molecule has 2 aromatic heterocycles. The first-order valence-corrected chi connectivity index (χ1v) is 8.45. The number of furan rings is 1. The molecule has 0 atom stereocenters. The van der Waals surface area contributed by atoms with E-state index < -0.39 is 0 Å². The van der Waals surface area contributed by atoms with Crippen LogP contribution in [0.2, 0.25) is 0 Å². The van der Waals surface area contributed by atoms with Gasteiger partial charge >= 0.3 is 0 Å². The number of aromatic nitrogens is 3. The van der Waals surface area contributed by atoms with E-state index in [0.717, 1.165) is 0 Å². The Morgan fingerprint density at radius 3 is 2.62 bits per heavy atom. The molecule has 0 fully saturated rings. The van der Waals surface area contributed by atoms with E-state index in [-0.39, 0.29) is 23.4 Å². The highest BCUT2D eigenvalue weighted by Crippen LogP contribution is 2.28. The van der Waals surface area contributed by atoms with Crippen LogP contribution in [-0.4, -0.2) is 26.3 Å². The fraction of sp³-hybridized carbons (Fsp3) is 0.235. The topological polar surface area (TPSA) is 60.9 Å². The second kappa shape index (κ2) is 7.00. The number of hydrogen-bond donors (Lipinski definition) is 0. The fourth-order valence-electron chi connectivity index (χ4n) is 2.26. The van der Waals surface area contributed by atoms with Crippen LogP contribution >= 0.6 is 11.8 Å². The zero-order valence-corrected chi connectivity index (χ0v) is 14.1. The fourth-order valence-corrected chi connectivity index (χ4v) is 3.23. The molecule has 3 aromatic rings.